The summed E-state index contributed by atoms with van der Waals surface area (Å²) in [6, 6.07) is 0. The largest absolute Gasteiger partial charge is 0.740 e. The number of aromatic nitrogens is 4. The standard InChI is InChI=1S/C11H10N4OS2/c16-9-7-5-3-1-2-4-6(5)18-8(7)12-10-13-14-11(17)15(9)10/h1-4H2,(H,12,13)(H,14,17)/p-1. The molecular weight excluding hydrogens is 268 g/mol. The minimum Gasteiger partial charge on any atom is -0.740 e. The third kappa shape index (κ3) is 1.23. The molecule has 4 rings (SSSR count). The lowest BCUT2D eigenvalue weighted by Gasteiger charge is -2.09. The molecule has 0 bridgehead atoms. The Kier molecular flexibility index (Phi) is 2.04. The number of H-pyrrole nitrogens is 1. The summed E-state index contributed by atoms with van der Waals surface area (Å²) in [5, 5.41) is 7.57. The summed E-state index contributed by atoms with van der Waals surface area (Å²) >= 11 is 6.68. The number of hydrogen-bond donors (Lipinski definition) is 1. The van der Waals surface area contributed by atoms with Gasteiger partial charge in [-0.15, -0.1) is 11.3 Å². The average Bonchev–Trinajstić information content (AvgIpc) is 2.91. The van der Waals surface area contributed by atoms with Crippen LogP contribution in [0.5, 0.6) is 0 Å². The van der Waals surface area contributed by atoms with Crippen LogP contribution in [0.1, 0.15) is 23.3 Å². The van der Waals surface area contributed by atoms with Crippen LogP contribution in [0.2, 0.25) is 0 Å². The molecule has 1 aliphatic carbocycles. The van der Waals surface area contributed by atoms with E-state index in [0.29, 0.717) is 5.78 Å². The lowest BCUT2D eigenvalue weighted by Crippen LogP contribution is -2.16. The molecule has 0 aliphatic heterocycles. The predicted molar refractivity (Wildman–Crippen MR) is 71.3 cm³/mol. The van der Waals surface area contributed by atoms with Crippen LogP contribution in [-0.2, 0) is 25.5 Å². The molecule has 0 unspecified atom stereocenters. The van der Waals surface area contributed by atoms with Gasteiger partial charge >= 0.3 is 0 Å². The Balaban J connectivity index is 2.23. The zero-order valence-electron chi connectivity index (χ0n) is 9.39. The fourth-order valence-corrected chi connectivity index (χ4v) is 4.07. The van der Waals surface area contributed by atoms with Crippen molar-refractivity contribution in [1.82, 2.24) is 19.6 Å². The summed E-state index contributed by atoms with van der Waals surface area (Å²) in [5.41, 5.74) is 1.11. The quantitative estimate of drug-likeness (QED) is 0.631. The summed E-state index contributed by atoms with van der Waals surface area (Å²) in [7, 11) is 0. The number of aryl methyl sites for hydroxylation is 2. The van der Waals surface area contributed by atoms with E-state index in [1.165, 1.54) is 21.3 Å². The van der Waals surface area contributed by atoms with Gasteiger partial charge in [0, 0.05) is 10.0 Å². The monoisotopic (exact) mass is 277 g/mol. The van der Waals surface area contributed by atoms with Gasteiger partial charge in [-0.2, -0.15) is 5.10 Å². The van der Waals surface area contributed by atoms with E-state index in [0.717, 1.165) is 29.5 Å². The Hall–Kier alpha value is -1.47. The summed E-state index contributed by atoms with van der Waals surface area (Å²) in [6.07, 6.45) is 4.39. The SMILES string of the molecule is O=c1c2c3c(sc2nc2[nH]nc([S-])n12)CCCC3. The highest BCUT2D eigenvalue weighted by Crippen LogP contribution is 2.33. The molecule has 0 saturated carbocycles. The van der Waals surface area contributed by atoms with Crippen LogP contribution >= 0.6 is 11.3 Å². The highest BCUT2D eigenvalue weighted by molar-refractivity contribution is 7.58. The van der Waals surface area contributed by atoms with Crippen molar-refractivity contribution in [2.75, 3.05) is 0 Å². The summed E-state index contributed by atoms with van der Waals surface area (Å²) < 4.78 is 1.39. The first-order chi connectivity index (χ1) is 8.75. The van der Waals surface area contributed by atoms with Gasteiger partial charge in [-0.3, -0.25) is 9.20 Å². The smallest absolute Gasteiger partial charge is 0.268 e. The van der Waals surface area contributed by atoms with Crippen LogP contribution in [-0.4, -0.2) is 19.6 Å². The Labute approximate surface area is 111 Å². The molecule has 3 aromatic rings. The predicted octanol–water partition coefficient (Wildman–Crippen LogP) is 1.42. The van der Waals surface area contributed by atoms with Crippen LogP contribution in [0.4, 0.5) is 0 Å². The molecule has 0 fully saturated rings. The molecule has 18 heavy (non-hydrogen) atoms. The second kappa shape index (κ2) is 3.52. The zero-order chi connectivity index (χ0) is 12.3. The Morgan fingerprint density at radius 1 is 1.33 bits per heavy atom. The summed E-state index contributed by atoms with van der Waals surface area (Å²) in [5.74, 6) is 0.441. The molecular formula is C11H9N4OS2-. The van der Waals surface area contributed by atoms with E-state index in [4.69, 9.17) is 12.6 Å². The Bertz CT molecular complexity index is 829. The number of hydrogen-bond acceptors (Lipinski definition) is 5. The molecule has 0 atom stereocenters. The minimum atomic E-state index is -0.0758. The zero-order valence-corrected chi connectivity index (χ0v) is 11.0. The fraction of sp³-hybridized carbons (Fsp3) is 0.364. The normalized spacial score (nSPS) is 15.3. The van der Waals surface area contributed by atoms with Crippen molar-refractivity contribution < 1.29 is 0 Å². The van der Waals surface area contributed by atoms with Gasteiger partial charge in [-0.1, -0.05) is 0 Å². The van der Waals surface area contributed by atoms with E-state index >= 15 is 0 Å². The molecule has 0 spiro atoms. The van der Waals surface area contributed by atoms with E-state index in [1.807, 2.05) is 0 Å². The summed E-state index contributed by atoms with van der Waals surface area (Å²) in [4.78, 5) is 19.1. The van der Waals surface area contributed by atoms with Crippen LogP contribution in [0.3, 0.4) is 0 Å². The number of nitrogens with one attached hydrogen (secondary N) is 1. The van der Waals surface area contributed by atoms with Gasteiger partial charge in [-0.25, -0.2) is 10.1 Å². The molecule has 5 nitrogen and oxygen atoms in total. The minimum absolute atomic E-state index is 0.0758. The molecule has 92 valence electrons. The van der Waals surface area contributed by atoms with Gasteiger partial charge in [0.1, 0.15) is 4.83 Å². The Morgan fingerprint density at radius 2 is 2.17 bits per heavy atom. The topological polar surface area (TPSA) is 63.0 Å². The van der Waals surface area contributed by atoms with Crippen molar-refractivity contribution >= 4 is 40.0 Å². The molecule has 0 aromatic carbocycles. The maximum Gasteiger partial charge on any atom is 0.268 e. The Morgan fingerprint density at radius 3 is 3.06 bits per heavy atom. The van der Waals surface area contributed by atoms with Gasteiger partial charge in [0.2, 0.25) is 5.78 Å². The van der Waals surface area contributed by atoms with Crippen LogP contribution < -0.4 is 5.56 Å². The lowest BCUT2D eigenvalue weighted by atomic mass is 9.97. The lowest BCUT2D eigenvalue weighted by molar-refractivity contribution is 0.699. The van der Waals surface area contributed by atoms with E-state index in [2.05, 4.69) is 15.2 Å². The molecule has 3 aromatic heterocycles. The van der Waals surface area contributed by atoms with Crippen molar-refractivity contribution in [3.63, 3.8) is 0 Å². The molecule has 0 saturated heterocycles. The van der Waals surface area contributed by atoms with Gasteiger partial charge in [0.05, 0.1) is 5.39 Å². The van der Waals surface area contributed by atoms with Gasteiger partial charge < -0.3 is 12.6 Å². The van der Waals surface area contributed by atoms with Crippen LogP contribution in [0.15, 0.2) is 9.95 Å². The van der Waals surface area contributed by atoms with E-state index in [-0.39, 0.29) is 10.7 Å². The fourth-order valence-electron chi connectivity index (χ4n) is 2.61. The second-order valence-electron chi connectivity index (χ2n) is 4.47. The van der Waals surface area contributed by atoms with Crippen molar-refractivity contribution in [2.45, 2.75) is 30.8 Å². The number of thiophene rings is 1. The molecule has 3 heterocycles. The molecule has 0 amide bonds. The number of rotatable bonds is 0. The van der Waals surface area contributed by atoms with Crippen molar-refractivity contribution in [3.05, 3.63) is 20.8 Å². The highest BCUT2D eigenvalue weighted by Gasteiger charge is 2.20. The first kappa shape index (κ1) is 10.5. The average molecular weight is 277 g/mol. The van der Waals surface area contributed by atoms with Crippen LogP contribution in [0, 0.1) is 0 Å². The third-order valence-corrected chi connectivity index (χ3v) is 4.89. The van der Waals surface area contributed by atoms with E-state index in [1.54, 1.807) is 11.3 Å². The van der Waals surface area contributed by atoms with Gasteiger partial charge in [0.15, 0.2) is 0 Å². The van der Waals surface area contributed by atoms with Gasteiger partial charge in [0.25, 0.3) is 5.56 Å². The third-order valence-electron chi connectivity index (χ3n) is 3.43. The molecule has 7 heteroatoms. The first-order valence-electron chi connectivity index (χ1n) is 5.84. The summed E-state index contributed by atoms with van der Waals surface area (Å²) in [6.45, 7) is 0. The maximum atomic E-state index is 12.5. The van der Waals surface area contributed by atoms with Crippen molar-refractivity contribution in [3.8, 4) is 0 Å². The second-order valence-corrected chi connectivity index (χ2v) is 5.92. The first-order valence-corrected chi connectivity index (χ1v) is 7.06. The maximum absolute atomic E-state index is 12.5. The molecule has 1 N–H and O–H groups in total. The van der Waals surface area contributed by atoms with Crippen molar-refractivity contribution in [2.24, 2.45) is 0 Å². The number of nitrogens with zero attached hydrogens (tertiary/aromatic N) is 3. The molecule has 1 aliphatic rings. The van der Waals surface area contributed by atoms with Crippen molar-refractivity contribution in [1.29, 1.82) is 0 Å². The van der Waals surface area contributed by atoms with E-state index < -0.39 is 0 Å². The van der Waals surface area contributed by atoms with Gasteiger partial charge in [-0.05, 0) is 31.2 Å². The van der Waals surface area contributed by atoms with Crippen LogP contribution in [0.25, 0.3) is 16.0 Å². The number of fused-ring (bicyclic) bond motifs is 4. The number of aromatic amines is 1. The highest BCUT2D eigenvalue weighted by atomic mass is 32.1. The molecule has 0 radical (unpaired) electrons. The van der Waals surface area contributed by atoms with E-state index in [9.17, 15) is 4.79 Å².